The number of aromatic nitrogens is 1. The molecule has 4 heterocycles. The second-order valence-electron chi connectivity index (χ2n) is 8.06. The maximum absolute atomic E-state index is 13.7. The van der Waals surface area contributed by atoms with E-state index in [1.165, 1.54) is 0 Å². The Hall–Kier alpha value is -3.04. The molecule has 0 saturated carbocycles. The van der Waals surface area contributed by atoms with Crippen molar-refractivity contribution in [3.8, 4) is 33.5 Å². The molecule has 0 radical (unpaired) electrons. The molecule has 2 aliphatic rings. The number of aryl methyl sites for hydroxylation is 1. The maximum atomic E-state index is 13.7. The van der Waals surface area contributed by atoms with E-state index in [0.29, 0.717) is 37.0 Å². The van der Waals surface area contributed by atoms with Crippen molar-refractivity contribution in [2.45, 2.75) is 38.3 Å². The minimum Gasteiger partial charge on any atom is -0.497 e. The average molecular weight is 419 g/mol. The summed E-state index contributed by atoms with van der Waals surface area (Å²) in [6, 6.07) is 12.5. The number of carbonyl (C=O) groups is 1. The highest BCUT2D eigenvalue weighted by molar-refractivity contribution is 7.13. The highest BCUT2D eigenvalue weighted by Gasteiger charge is 2.41. The van der Waals surface area contributed by atoms with Gasteiger partial charge in [0.2, 0.25) is 0 Å². The normalized spacial score (nSPS) is 20.3. The summed E-state index contributed by atoms with van der Waals surface area (Å²) in [5.41, 5.74) is 3.93. The minimum absolute atomic E-state index is 0.0892. The lowest BCUT2D eigenvalue weighted by Gasteiger charge is -2.30. The molecule has 5 rings (SSSR count). The molecule has 1 amide bonds. The molecule has 1 aromatic carbocycles. The fourth-order valence-electron chi connectivity index (χ4n) is 4.70. The van der Waals surface area contributed by atoms with Crippen molar-refractivity contribution in [2.75, 3.05) is 13.7 Å². The number of nitrogens with zero attached hydrogens (tertiary/aromatic N) is 3. The van der Waals surface area contributed by atoms with E-state index in [1.54, 1.807) is 23.3 Å². The number of amides is 1. The molecule has 30 heavy (non-hydrogen) atoms. The summed E-state index contributed by atoms with van der Waals surface area (Å²) in [4.78, 5) is 16.5. The van der Waals surface area contributed by atoms with Crippen LogP contribution in [0.3, 0.4) is 0 Å². The van der Waals surface area contributed by atoms with E-state index in [4.69, 9.17) is 6.11 Å². The van der Waals surface area contributed by atoms with Crippen LogP contribution in [-0.4, -0.2) is 34.6 Å². The molecule has 0 bridgehead atoms. The molecule has 2 aromatic heterocycles. The summed E-state index contributed by atoms with van der Waals surface area (Å²) in [7, 11) is 1.58. The van der Waals surface area contributed by atoms with Crippen LogP contribution in [0.4, 0.5) is 0 Å². The van der Waals surface area contributed by atoms with Crippen molar-refractivity contribution in [1.82, 2.24) is 9.47 Å². The average Bonchev–Trinajstić information content (AvgIpc) is 3.51. The SMILES string of the molecule is [2H]c1cc2c(cc1OC)CCn1c(C(=O)N3CCC[C@]3(C)C#N)cc(-c3cccs3)c1-2. The predicted molar refractivity (Wildman–Crippen MR) is 118 cm³/mol. The van der Waals surface area contributed by atoms with Crippen molar-refractivity contribution in [2.24, 2.45) is 0 Å². The van der Waals surface area contributed by atoms with Gasteiger partial charge in [-0.2, -0.15) is 5.26 Å². The molecular formula is C24H23N3O2S. The third-order valence-corrected chi connectivity index (χ3v) is 7.22. The first-order valence-corrected chi connectivity index (χ1v) is 11.0. The topological polar surface area (TPSA) is 58.3 Å². The zero-order chi connectivity index (χ0) is 21.8. The summed E-state index contributed by atoms with van der Waals surface area (Å²) in [6.07, 6.45) is 2.30. The second kappa shape index (κ2) is 7.03. The summed E-state index contributed by atoms with van der Waals surface area (Å²) in [5.74, 6) is 0.475. The zero-order valence-corrected chi connectivity index (χ0v) is 17.9. The molecule has 0 N–H and O–H groups in total. The van der Waals surface area contributed by atoms with Crippen LogP contribution in [0.1, 0.15) is 37.2 Å². The van der Waals surface area contributed by atoms with E-state index in [2.05, 4.69) is 16.7 Å². The van der Waals surface area contributed by atoms with Crippen molar-refractivity contribution in [1.29, 1.82) is 5.26 Å². The van der Waals surface area contributed by atoms with Gasteiger partial charge in [-0.25, -0.2) is 0 Å². The lowest BCUT2D eigenvalue weighted by Crippen LogP contribution is -2.44. The predicted octanol–water partition coefficient (Wildman–Crippen LogP) is 4.97. The fourth-order valence-corrected chi connectivity index (χ4v) is 5.45. The first kappa shape index (κ1) is 17.8. The number of rotatable bonds is 3. The molecule has 0 aliphatic carbocycles. The fraction of sp³-hybridized carbons (Fsp3) is 0.333. The monoisotopic (exact) mass is 418 g/mol. The van der Waals surface area contributed by atoms with E-state index in [9.17, 15) is 10.1 Å². The van der Waals surface area contributed by atoms with Crippen LogP contribution in [0, 0.1) is 11.3 Å². The Morgan fingerprint density at radius 2 is 2.20 bits per heavy atom. The van der Waals surface area contributed by atoms with Crippen LogP contribution >= 0.6 is 11.3 Å². The van der Waals surface area contributed by atoms with Gasteiger partial charge in [0.15, 0.2) is 0 Å². The maximum Gasteiger partial charge on any atom is 0.271 e. The molecule has 1 fully saturated rings. The Labute approximate surface area is 181 Å². The Kier molecular flexibility index (Phi) is 4.17. The van der Waals surface area contributed by atoms with Crippen molar-refractivity contribution >= 4 is 17.2 Å². The summed E-state index contributed by atoms with van der Waals surface area (Å²) < 4.78 is 15.8. The highest BCUT2D eigenvalue weighted by atomic mass is 32.1. The molecule has 5 nitrogen and oxygen atoms in total. The van der Waals surface area contributed by atoms with E-state index in [0.717, 1.165) is 40.1 Å². The van der Waals surface area contributed by atoms with Crippen molar-refractivity contribution in [3.05, 3.63) is 53.0 Å². The smallest absolute Gasteiger partial charge is 0.271 e. The zero-order valence-electron chi connectivity index (χ0n) is 18.1. The number of ether oxygens (including phenoxy) is 1. The van der Waals surface area contributed by atoms with Crippen LogP contribution in [-0.2, 0) is 13.0 Å². The first-order chi connectivity index (χ1) is 15.0. The van der Waals surface area contributed by atoms with Crippen molar-refractivity contribution < 1.29 is 10.9 Å². The highest BCUT2D eigenvalue weighted by Crippen LogP contribution is 2.43. The van der Waals surface area contributed by atoms with Gasteiger partial charge in [0.1, 0.15) is 17.0 Å². The first-order valence-electron chi connectivity index (χ1n) is 10.7. The van der Waals surface area contributed by atoms with Crippen molar-refractivity contribution in [3.63, 3.8) is 0 Å². The van der Waals surface area contributed by atoms with E-state index < -0.39 is 5.54 Å². The van der Waals surface area contributed by atoms with Gasteiger partial charge in [0, 0.05) is 29.1 Å². The Morgan fingerprint density at radius 1 is 1.33 bits per heavy atom. The van der Waals surface area contributed by atoms with E-state index in [-0.39, 0.29) is 5.91 Å². The second-order valence-corrected chi connectivity index (χ2v) is 9.00. The number of hydrogen-bond acceptors (Lipinski definition) is 4. The van der Waals surface area contributed by atoms with Gasteiger partial charge in [-0.15, -0.1) is 11.3 Å². The lowest BCUT2D eigenvalue weighted by atomic mass is 9.95. The number of benzene rings is 1. The molecule has 6 heteroatoms. The van der Waals surface area contributed by atoms with Gasteiger partial charge in [-0.05, 0) is 67.4 Å². The largest absolute Gasteiger partial charge is 0.497 e. The van der Waals surface area contributed by atoms with Crippen LogP contribution < -0.4 is 4.74 Å². The van der Waals surface area contributed by atoms with Gasteiger partial charge >= 0.3 is 0 Å². The standard InChI is InChI=1S/C24H23N3O2S/c1-24(15-25)9-4-10-27(24)23(28)20-14-19(21-5-3-12-30-21)22-18-7-6-17(29-2)13-16(18)8-11-26(20)22/h3,5-7,12-14H,4,8-11H2,1-2H3/t24-/m1/s1/i6D. The summed E-state index contributed by atoms with van der Waals surface area (Å²) in [6.45, 7) is 3.13. The molecule has 1 atom stereocenters. The van der Waals surface area contributed by atoms with Crippen LogP contribution in [0.2, 0.25) is 0 Å². The number of likely N-dealkylation sites (tertiary alicyclic amines) is 1. The summed E-state index contributed by atoms with van der Waals surface area (Å²) in [5, 5.41) is 11.7. The number of nitriles is 1. The minimum atomic E-state index is -0.765. The Bertz CT molecular complexity index is 1220. The third kappa shape index (κ3) is 2.77. The number of thiophene rings is 1. The molecule has 1 saturated heterocycles. The quantitative estimate of drug-likeness (QED) is 0.604. The third-order valence-electron chi connectivity index (χ3n) is 6.32. The van der Waals surface area contributed by atoms with Gasteiger partial charge in [-0.1, -0.05) is 6.07 Å². The van der Waals surface area contributed by atoms with Gasteiger partial charge in [0.05, 0.1) is 20.2 Å². The molecule has 152 valence electrons. The van der Waals surface area contributed by atoms with Gasteiger partial charge < -0.3 is 14.2 Å². The number of methoxy groups -OCH3 is 1. The summed E-state index contributed by atoms with van der Waals surface area (Å²) >= 11 is 1.63. The number of carbonyl (C=O) groups excluding carboxylic acids is 1. The molecule has 0 spiro atoms. The van der Waals surface area contributed by atoms with Gasteiger partial charge in [-0.3, -0.25) is 4.79 Å². The van der Waals surface area contributed by atoms with Gasteiger partial charge in [0.25, 0.3) is 5.91 Å². The molecular weight excluding hydrogens is 394 g/mol. The number of hydrogen-bond donors (Lipinski definition) is 0. The van der Waals surface area contributed by atoms with E-state index >= 15 is 0 Å². The Balaban J connectivity index is 1.71. The molecule has 2 aliphatic heterocycles. The molecule has 0 unspecified atom stereocenters. The molecule has 3 aromatic rings. The van der Waals surface area contributed by atoms with Crippen LogP contribution in [0.15, 0.2) is 41.8 Å². The van der Waals surface area contributed by atoms with E-state index in [1.807, 2.05) is 36.6 Å². The van der Waals surface area contributed by atoms with Crippen LogP contribution in [0.25, 0.3) is 21.7 Å². The lowest BCUT2D eigenvalue weighted by molar-refractivity contribution is 0.0682. The Morgan fingerprint density at radius 3 is 2.93 bits per heavy atom. The van der Waals surface area contributed by atoms with Crippen LogP contribution in [0.5, 0.6) is 5.75 Å². The number of fused-ring (bicyclic) bond motifs is 3.